The van der Waals surface area contributed by atoms with E-state index in [1.807, 2.05) is 12.1 Å². The molecule has 0 spiro atoms. The van der Waals surface area contributed by atoms with Crippen molar-refractivity contribution in [3.05, 3.63) is 35.8 Å². The van der Waals surface area contributed by atoms with Gasteiger partial charge in [-0.2, -0.15) is 0 Å². The number of hydrogen-bond acceptors (Lipinski definition) is 5. The van der Waals surface area contributed by atoms with Gasteiger partial charge in [-0.1, -0.05) is 19.9 Å². The van der Waals surface area contributed by atoms with Gasteiger partial charge in [0.25, 0.3) is 0 Å². The van der Waals surface area contributed by atoms with Gasteiger partial charge in [-0.05, 0) is 49.7 Å². The summed E-state index contributed by atoms with van der Waals surface area (Å²) in [6.07, 6.45) is 6.65. The first-order chi connectivity index (χ1) is 12.3. The van der Waals surface area contributed by atoms with Gasteiger partial charge >= 0.3 is 5.97 Å². The Balaban J connectivity index is 1.78. The number of carbonyl (C=O) groups is 2. The van der Waals surface area contributed by atoms with Gasteiger partial charge in [-0.15, -0.1) is 0 Å². The summed E-state index contributed by atoms with van der Waals surface area (Å²) in [4.78, 5) is 25.1. The number of esters is 1. The van der Waals surface area contributed by atoms with E-state index in [1.54, 1.807) is 19.5 Å². The fourth-order valence-corrected chi connectivity index (χ4v) is 6.16. The zero-order valence-corrected chi connectivity index (χ0v) is 15.5. The van der Waals surface area contributed by atoms with Gasteiger partial charge in [-0.25, -0.2) is 0 Å². The second-order valence-corrected chi connectivity index (χ2v) is 8.66. The Morgan fingerprint density at radius 1 is 1.35 bits per heavy atom. The lowest BCUT2D eigenvalue weighted by Gasteiger charge is -2.60. The molecule has 2 aliphatic carbocycles. The number of rotatable bonds is 2. The first kappa shape index (κ1) is 17.5. The van der Waals surface area contributed by atoms with Crippen LogP contribution in [0.15, 0.2) is 34.7 Å². The minimum absolute atomic E-state index is 0.0659. The van der Waals surface area contributed by atoms with E-state index in [1.165, 1.54) is 0 Å². The van der Waals surface area contributed by atoms with E-state index in [4.69, 9.17) is 9.15 Å². The molecule has 2 heterocycles. The maximum atomic E-state index is 12.8. The maximum Gasteiger partial charge on any atom is 0.310 e. The third kappa shape index (κ3) is 2.33. The largest absolute Gasteiger partial charge is 0.472 e. The van der Waals surface area contributed by atoms with Gasteiger partial charge < -0.3 is 14.3 Å². The Kier molecular flexibility index (Phi) is 3.92. The lowest BCUT2D eigenvalue weighted by atomic mass is 9.45. The highest BCUT2D eigenvalue weighted by Gasteiger charge is 2.63. The zero-order chi connectivity index (χ0) is 18.7. The van der Waals surface area contributed by atoms with Gasteiger partial charge in [0, 0.05) is 16.9 Å². The highest BCUT2D eigenvalue weighted by Crippen LogP contribution is 2.64. The van der Waals surface area contributed by atoms with Crippen molar-refractivity contribution in [2.75, 3.05) is 0 Å². The number of aliphatic hydroxyl groups excluding tert-OH is 1. The topological polar surface area (TPSA) is 76.7 Å². The first-order valence-corrected chi connectivity index (χ1v) is 9.39. The minimum Gasteiger partial charge on any atom is -0.472 e. The molecule has 0 amide bonds. The summed E-state index contributed by atoms with van der Waals surface area (Å²) in [6, 6.07) is 1.82. The van der Waals surface area contributed by atoms with Crippen LogP contribution in [0.4, 0.5) is 0 Å². The zero-order valence-electron chi connectivity index (χ0n) is 15.5. The first-order valence-electron chi connectivity index (χ1n) is 9.39. The van der Waals surface area contributed by atoms with Crippen molar-refractivity contribution < 1.29 is 23.8 Å². The summed E-state index contributed by atoms with van der Waals surface area (Å²) in [5.74, 6) is -0.529. The van der Waals surface area contributed by atoms with Gasteiger partial charge in [0.15, 0.2) is 5.78 Å². The van der Waals surface area contributed by atoms with E-state index in [0.29, 0.717) is 25.7 Å². The summed E-state index contributed by atoms with van der Waals surface area (Å²) in [7, 11) is 0. The molecule has 140 valence electrons. The van der Waals surface area contributed by atoms with Gasteiger partial charge in [0.2, 0.25) is 0 Å². The molecule has 2 fully saturated rings. The molecular weight excluding hydrogens is 332 g/mol. The van der Waals surface area contributed by atoms with Gasteiger partial charge in [-0.3, -0.25) is 9.59 Å². The quantitative estimate of drug-likeness (QED) is 0.818. The number of Topliss-reactive ketones (excluding diaryl/α,β-unsaturated/α-hetero) is 1. The lowest BCUT2D eigenvalue weighted by Crippen LogP contribution is -2.60. The van der Waals surface area contributed by atoms with E-state index < -0.39 is 16.9 Å². The second kappa shape index (κ2) is 5.81. The van der Waals surface area contributed by atoms with Crippen LogP contribution in [0, 0.1) is 22.7 Å². The molecule has 1 saturated carbocycles. The molecule has 3 unspecified atom stereocenters. The summed E-state index contributed by atoms with van der Waals surface area (Å²) < 4.78 is 10.9. The molecule has 1 aromatic rings. The number of fused-ring (bicyclic) bond motifs is 3. The molecule has 0 bridgehead atoms. The van der Waals surface area contributed by atoms with Crippen LogP contribution in [-0.4, -0.2) is 23.0 Å². The Bertz CT molecular complexity index is 763. The average molecular weight is 358 g/mol. The highest BCUT2D eigenvalue weighted by atomic mass is 16.5. The van der Waals surface area contributed by atoms with E-state index in [9.17, 15) is 14.7 Å². The molecule has 6 atom stereocenters. The fraction of sp³-hybridized carbons (Fsp3) is 0.619. The maximum absolute atomic E-state index is 12.8. The van der Waals surface area contributed by atoms with E-state index in [-0.39, 0.29) is 29.7 Å². The van der Waals surface area contributed by atoms with Crippen LogP contribution in [0.3, 0.4) is 0 Å². The molecule has 1 aliphatic heterocycles. The lowest BCUT2D eigenvalue weighted by molar-refractivity contribution is -0.199. The van der Waals surface area contributed by atoms with E-state index >= 15 is 0 Å². The summed E-state index contributed by atoms with van der Waals surface area (Å²) in [6.45, 7) is 5.78. The van der Waals surface area contributed by atoms with Crippen LogP contribution in [0.5, 0.6) is 0 Å². The average Bonchev–Trinajstić information content (AvgIpc) is 3.07. The number of ketones is 1. The summed E-state index contributed by atoms with van der Waals surface area (Å²) >= 11 is 0. The SMILES string of the molecule is CC(=O)C1=CC[C@H](O)C2[C@@]3(C)CC(c4ccoc4)OC(=O)C3CC[C@@]12C. The van der Waals surface area contributed by atoms with Crippen LogP contribution in [0.2, 0.25) is 0 Å². The Labute approximate surface area is 153 Å². The summed E-state index contributed by atoms with van der Waals surface area (Å²) in [5.41, 5.74) is 0.815. The predicted octanol–water partition coefficient (Wildman–Crippen LogP) is 3.59. The number of hydrogen-bond donors (Lipinski definition) is 1. The third-order valence-electron chi connectivity index (χ3n) is 7.17. The monoisotopic (exact) mass is 358 g/mol. The Morgan fingerprint density at radius 2 is 2.12 bits per heavy atom. The standard InChI is InChI=1S/C21H26O5/c1-12(22)14-4-5-16(23)18-20(14,2)8-6-15-19(24)26-17(10-21(15,18)3)13-7-9-25-11-13/h4,7,9,11,15-18,23H,5-6,8,10H2,1-3H3/t15?,16-,17?,18?,20-,21-/m0/s1. The molecule has 3 aliphatic rings. The second-order valence-electron chi connectivity index (χ2n) is 8.66. The molecule has 5 nitrogen and oxygen atoms in total. The van der Waals surface area contributed by atoms with E-state index in [2.05, 4.69) is 13.8 Å². The van der Waals surface area contributed by atoms with Crippen LogP contribution < -0.4 is 0 Å². The normalized spacial score (nSPS) is 42.3. The molecule has 1 N–H and O–H groups in total. The number of allylic oxidation sites excluding steroid dienone is 1. The number of furan rings is 1. The van der Waals surface area contributed by atoms with Gasteiger partial charge in [0.1, 0.15) is 6.10 Å². The van der Waals surface area contributed by atoms with Gasteiger partial charge in [0.05, 0.1) is 24.5 Å². The van der Waals surface area contributed by atoms with Crippen molar-refractivity contribution in [1.29, 1.82) is 0 Å². The van der Waals surface area contributed by atoms with Crippen molar-refractivity contribution in [3.63, 3.8) is 0 Å². The number of ether oxygens (including phenoxy) is 1. The summed E-state index contributed by atoms with van der Waals surface area (Å²) in [5, 5.41) is 10.9. The molecule has 4 rings (SSSR count). The predicted molar refractivity (Wildman–Crippen MR) is 94.0 cm³/mol. The molecule has 1 saturated heterocycles. The minimum atomic E-state index is -0.563. The molecule has 26 heavy (non-hydrogen) atoms. The van der Waals surface area contributed by atoms with E-state index in [0.717, 1.165) is 11.1 Å². The molecule has 5 heteroatoms. The van der Waals surface area contributed by atoms with Crippen LogP contribution >= 0.6 is 0 Å². The van der Waals surface area contributed by atoms with Crippen molar-refractivity contribution in [2.24, 2.45) is 22.7 Å². The number of cyclic esters (lactones) is 1. The van der Waals surface area contributed by atoms with Crippen LogP contribution in [-0.2, 0) is 14.3 Å². The Hall–Kier alpha value is -1.88. The van der Waals surface area contributed by atoms with Crippen molar-refractivity contribution >= 4 is 11.8 Å². The smallest absolute Gasteiger partial charge is 0.310 e. The van der Waals surface area contributed by atoms with Crippen LogP contribution in [0.25, 0.3) is 0 Å². The molecule has 1 aromatic heterocycles. The van der Waals surface area contributed by atoms with Crippen molar-refractivity contribution in [3.8, 4) is 0 Å². The number of aliphatic hydroxyl groups is 1. The Morgan fingerprint density at radius 3 is 2.77 bits per heavy atom. The number of carbonyl (C=O) groups excluding carboxylic acids is 2. The third-order valence-corrected chi connectivity index (χ3v) is 7.17. The van der Waals surface area contributed by atoms with Crippen molar-refractivity contribution in [2.45, 2.75) is 58.7 Å². The van der Waals surface area contributed by atoms with Crippen LogP contribution in [0.1, 0.15) is 58.1 Å². The van der Waals surface area contributed by atoms with Crippen molar-refractivity contribution in [1.82, 2.24) is 0 Å². The molecule has 0 aromatic carbocycles. The molecule has 0 radical (unpaired) electrons. The fourth-order valence-electron chi connectivity index (χ4n) is 6.16. The molecular formula is C21H26O5. The highest BCUT2D eigenvalue weighted by molar-refractivity contribution is 5.95.